The fraction of sp³-hybridized carbons (Fsp3) is 0.455. The highest BCUT2D eigenvalue weighted by Crippen LogP contribution is 2.27. The van der Waals surface area contributed by atoms with E-state index in [-0.39, 0.29) is 17.3 Å². The molecule has 7 heteroatoms. The Morgan fingerprint density at radius 2 is 2.50 bits per heavy atom. The molecule has 1 aromatic rings. The molecular formula is C11H13N5O2. The molecule has 0 amide bonds. The molecule has 0 aliphatic carbocycles. The highest BCUT2D eigenvalue weighted by molar-refractivity contribution is 5.60. The van der Waals surface area contributed by atoms with E-state index in [0.29, 0.717) is 18.9 Å². The third kappa shape index (κ3) is 2.38. The Kier molecular flexibility index (Phi) is 3.39. The van der Waals surface area contributed by atoms with Crippen LogP contribution >= 0.6 is 0 Å². The quantitative estimate of drug-likeness (QED) is 0.609. The third-order valence-corrected chi connectivity index (χ3v) is 2.84. The van der Waals surface area contributed by atoms with E-state index in [1.165, 1.54) is 12.3 Å². The first kappa shape index (κ1) is 12.3. The van der Waals surface area contributed by atoms with Gasteiger partial charge in [-0.2, -0.15) is 5.26 Å². The minimum absolute atomic E-state index is 0.108. The minimum atomic E-state index is -0.490. The number of hydrogen-bond acceptors (Lipinski definition) is 6. The van der Waals surface area contributed by atoms with Crippen molar-refractivity contribution in [1.29, 1.82) is 5.26 Å². The molecule has 0 bridgehead atoms. The molecule has 0 radical (unpaired) electrons. The standard InChI is InChI=1S/C11H13N5O2/c1-8-7-15(3-2-13-8)11-10(16(17)18)4-9(5-12)6-14-11/h4,6,8,13H,2-3,7H2,1H3. The molecule has 1 aromatic heterocycles. The van der Waals surface area contributed by atoms with Crippen LogP contribution in [0.3, 0.4) is 0 Å². The van der Waals surface area contributed by atoms with Crippen LogP contribution < -0.4 is 10.2 Å². The second-order valence-electron chi connectivity index (χ2n) is 4.24. The summed E-state index contributed by atoms with van der Waals surface area (Å²) in [6.07, 6.45) is 1.37. The highest BCUT2D eigenvalue weighted by Gasteiger charge is 2.25. The number of piperazine rings is 1. The maximum Gasteiger partial charge on any atom is 0.312 e. The second-order valence-corrected chi connectivity index (χ2v) is 4.24. The van der Waals surface area contributed by atoms with Crippen molar-refractivity contribution < 1.29 is 4.92 Å². The minimum Gasteiger partial charge on any atom is -0.348 e. The van der Waals surface area contributed by atoms with Gasteiger partial charge in [0.2, 0.25) is 5.82 Å². The second kappa shape index (κ2) is 4.98. The van der Waals surface area contributed by atoms with Gasteiger partial charge in [-0.05, 0) is 6.92 Å². The Labute approximate surface area is 104 Å². The van der Waals surface area contributed by atoms with Crippen LogP contribution in [0.4, 0.5) is 11.5 Å². The van der Waals surface area contributed by atoms with Crippen molar-refractivity contribution in [1.82, 2.24) is 10.3 Å². The summed E-state index contributed by atoms with van der Waals surface area (Å²) in [6.45, 7) is 4.12. The lowest BCUT2D eigenvalue weighted by molar-refractivity contribution is -0.384. The number of anilines is 1. The zero-order valence-corrected chi connectivity index (χ0v) is 9.96. The molecule has 1 atom stereocenters. The molecule has 0 saturated carbocycles. The summed E-state index contributed by atoms with van der Waals surface area (Å²) in [6, 6.07) is 3.40. The van der Waals surface area contributed by atoms with Gasteiger partial charge in [0.25, 0.3) is 0 Å². The first-order valence-corrected chi connectivity index (χ1v) is 5.64. The molecular weight excluding hydrogens is 234 g/mol. The maximum absolute atomic E-state index is 11.0. The first-order valence-electron chi connectivity index (χ1n) is 5.64. The Hall–Kier alpha value is -2.20. The summed E-state index contributed by atoms with van der Waals surface area (Å²) >= 11 is 0. The molecule has 0 spiro atoms. The number of nitrogens with zero attached hydrogens (tertiary/aromatic N) is 4. The van der Waals surface area contributed by atoms with Crippen molar-refractivity contribution in [3.63, 3.8) is 0 Å². The summed E-state index contributed by atoms with van der Waals surface area (Å²) < 4.78 is 0. The fourth-order valence-corrected chi connectivity index (χ4v) is 2.01. The smallest absolute Gasteiger partial charge is 0.312 e. The van der Waals surface area contributed by atoms with Crippen molar-refractivity contribution in [3.8, 4) is 6.07 Å². The fourth-order valence-electron chi connectivity index (χ4n) is 2.01. The zero-order valence-electron chi connectivity index (χ0n) is 9.96. The van der Waals surface area contributed by atoms with Crippen molar-refractivity contribution in [2.75, 3.05) is 24.5 Å². The molecule has 1 fully saturated rings. The van der Waals surface area contributed by atoms with Crippen molar-refractivity contribution in [3.05, 3.63) is 27.9 Å². The molecule has 1 saturated heterocycles. The van der Waals surface area contributed by atoms with Crippen LogP contribution in [0.25, 0.3) is 0 Å². The number of nitro groups is 1. The lowest BCUT2D eigenvalue weighted by atomic mass is 10.2. The number of nitriles is 1. The Morgan fingerprint density at radius 1 is 1.72 bits per heavy atom. The van der Waals surface area contributed by atoms with E-state index in [9.17, 15) is 10.1 Å². The van der Waals surface area contributed by atoms with Gasteiger partial charge in [-0.15, -0.1) is 0 Å². The molecule has 0 aromatic carbocycles. The van der Waals surface area contributed by atoms with Gasteiger partial charge in [0.05, 0.1) is 10.5 Å². The molecule has 1 aliphatic rings. The number of hydrogen-bond donors (Lipinski definition) is 1. The summed E-state index contributed by atoms with van der Waals surface area (Å²) in [5, 5.41) is 23.0. The number of rotatable bonds is 2. The van der Waals surface area contributed by atoms with Crippen LogP contribution in [-0.4, -0.2) is 35.6 Å². The van der Waals surface area contributed by atoms with Crippen molar-refractivity contribution in [2.45, 2.75) is 13.0 Å². The van der Waals surface area contributed by atoms with E-state index in [0.717, 1.165) is 6.54 Å². The van der Waals surface area contributed by atoms with E-state index in [4.69, 9.17) is 5.26 Å². The Bertz CT molecular complexity index is 511. The number of aromatic nitrogens is 1. The van der Waals surface area contributed by atoms with E-state index in [1.807, 2.05) is 17.9 Å². The Morgan fingerprint density at radius 3 is 3.11 bits per heavy atom. The Balaban J connectivity index is 2.37. The molecule has 2 heterocycles. The molecule has 1 unspecified atom stereocenters. The van der Waals surface area contributed by atoms with Gasteiger partial charge < -0.3 is 10.2 Å². The summed E-state index contributed by atoms with van der Waals surface area (Å²) in [4.78, 5) is 16.5. The third-order valence-electron chi connectivity index (χ3n) is 2.84. The average Bonchev–Trinajstić information content (AvgIpc) is 2.38. The number of nitrogens with one attached hydrogen (secondary N) is 1. The average molecular weight is 247 g/mol. The lowest BCUT2D eigenvalue weighted by Crippen LogP contribution is -2.49. The van der Waals surface area contributed by atoms with Gasteiger partial charge >= 0.3 is 5.69 Å². The predicted molar refractivity (Wildman–Crippen MR) is 65.3 cm³/mol. The predicted octanol–water partition coefficient (Wildman–Crippen LogP) is 0.660. The molecule has 94 valence electrons. The van der Waals surface area contributed by atoms with Crippen molar-refractivity contribution in [2.24, 2.45) is 0 Å². The summed E-state index contributed by atoms with van der Waals surface area (Å²) in [5.41, 5.74) is 0.0942. The molecule has 2 rings (SSSR count). The van der Waals surface area contributed by atoms with Gasteiger partial charge in [0, 0.05) is 37.9 Å². The van der Waals surface area contributed by atoms with E-state index < -0.39 is 4.92 Å². The van der Waals surface area contributed by atoms with Gasteiger partial charge in [-0.3, -0.25) is 10.1 Å². The van der Waals surface area contributed by atoms with E-state index in [2.05, 4.69) is 10.3 Å². The molecule has 7 nitrogen and oxygen atoms in total. The van der Waals surface area contributed by atoms with Crippen LogP contribution in [0, 0.1) is 21.4 Å². The van der Waals surface area contributed by atoms with Gasteiger partial charge in [0.1, 0.15) is 6.07 Å². The largest absolute Gasteiger partial charge is 0.348 e. The zero-order chi connectivity index (χ0) is 13.1. The monoisotopic (exact) mass is 247 g/mol. The molecule has 1 aliphatic heterocycles. The van der Waals surface area contributed by atoms with Crippen LogP contribution in [0.1, 0.15) is 12.5 Å². The number of pyridine rings is 1. The molecule has 18 heavy (non-hydrogen) atoms. The maximum atomic E-state index is 11.0. The first-order chi connectivity index (χ1) is 8.61. The van der Waals surface area contributed by atoms with Crippen LogP contribution in [0.15, 0.2) is 12.3 Å². The van der Waals surface area contributed by atoms with E-state index in [1.54, 1.807) is 0 Å². The van der Waals surface area contributed by atoms with E-state index >= 15 is 0 Å². The van der Waals surface area contributed by atoms with Gasteiger partial charge in [0.15, 0.2) is 0 Å². The SMILES string of the molecule is CC1CN(c2ncc(C#N)cc2[N+](=O)[O-])CCN1. The topological polar surface area (TPSA) is 95.1 Å². The lowest BCUT2D eigenvalue weighted by Gasteiger charge is -2.32. The molecule has 1 N–H and O–H groups in total. The van der Waals surface area contributed by atoms with Crippen LogP contribution in [-0.2, 0) is 0 Å². The van der Waals surface area contributed by atoms with Crippen LogP contribution in [0.5, 0.6) is 0 Å². The summed E-state index contributed by atoms with van der Waals surface area (Å²) in [5.74, 6) is 0.340. The summed E-state index contributed by atoms with van der Waals surface area (Å²) in [7, 11) is 0. The van der Waals surface area contributed by atoms with Gasteiger partial charge in [-0.25, -0.2) is 4.98 Å². The normalized spacial score (nSPS) is 19.3. The van der Waals surface area contributed by atoms with Crippen LogP contribution in [0.2, 0.25) is 0 Å². The van der Waals surface area contributed by atoms with Gasteiger partial charge in [-0.1, -0.05) is 0 Å². The highest BCUT2D eigenvalue weighted by atomic mass is 16.6. The van der Waals surface area contributed by atoms with Crippen molar-refractivity contribution >= 4 is 11.5 Å².